The molecule has 0 aromatic heterocycles. The molecule has 0 aliphatic carbocycles. The minimum absolute atomic E-state index is 0.0746. The Balaban J connectivity index is 2.54. The van der Waals surface area contributed by atoms with Gasteiger partial charge in [-0.05, 0) is 0 Å². The highest BCUT2D eigenvalue weighted by molar-refractivity contribution is 7.97. The zero-order valence-electron chi connectivity index (χ0n) is 9.13. The molecule has 0 aliphatic heterocycles. The van der Waals surface area contributed by atoms with E-state index in [0.717, 1.165) is 0 Å². The van der Waals surface area contributed by atoms with Crippen molar-refractivity contribution in [2.75, 3.05) is 30.5 Å². The summed E-state index contributed by atoms with van der Waals surface area (Å²) >= 11 is 0. The number of carbonyl (C=O) groups is 1. The molecule has 4 heteroatoms. The van der Waals surface area contributed by atoms with E-state index in [4.69, 9.17) is 10.2 Å². The van der Waals surface area contributed by atoms with Gasteiger partial charge in [-0.1, -0.05) is 30.3 Å². The predicted molar refractivity (Wildman–Crippen MR) is 66.9 cm³/mol. The minimum atomic E-state index is -0.205. The highest BCUT2D eigenvalue weighted by Crippen LogP contribution is 2.05. The SMILES string of the molecule is O=C(C[S+](CCO)CCO)c1ccccc1. The largest absolute Gasteiger partial charge is 0.391 e. The number of benzene rings is 1. The highest BCUT2D eigenvalue weighted by atomic mass is 32.2. The third kappa shape index (κ3) is 4.35. The average Bonchev–Trinajstić information content (AvgIpc) is 2.31. The Morgan fingerprint density at radius 1 is 1.06 bits per heavy atom. The van der Waals surface area contributed by atoms with Crippen molar-refractivity contribution in [1.29, 1.82) is 0 Å². The topological polar surface area (TPSA) is 57.5 Å². The van der Waals surface area contributed by atoms with Gasteiger partial charge in [0.1, 0.15) is 11.5 Å². The summed E-state index contributed by atoms with van der Waals surface area (Å²) in [5.41, 5.74) is 0.705. The van der Waals surface area contributed by atoms with Crippen LogP contribution in [0.15, 0.2) is 30.3 Å². The van der Waals surface area contributed by atoms with Crippen LogP contribution in [-0.2, 0) is 10.9 Å². The number of carbonyl (C=O) groups excluding carboxylic acids is 1. The molecule has 0 fully saturated rings. The highest BCUT2D eigenvalue weighted by Gasteiger charge is 2.22. The summed E-state index contributed by atoms with van der Waals surface area (Å²) in [6, 6.07) is 9.13. The summed E-state index contributed by atoms with van der Waals surface area (Å²) in [5, 5.41) is 17.7. The lowest BCUT2D eigenvalue weighted by Gasteiger charge is -2.05. The molecule has 1 rings (SSSR count). The lowest BCUT2D eigenvalue weighted by atomic mass is 10.2. The van der Waals surface area contributed by atoms with E-state index in [1.165, 1.54) is 0 Å². The molecular formula is C12H17O3S+. The van der Waals surface area contributed by atoms with E-state index < -0.39 is 0 Å². The summed E-state index contributed by atoms with van der Waals surface area (Å²) < 4.78 is 0. The Kier molecular flexibility index (Phi) is 6.15. The van der Waals surface area contributed by atoms with Gasteiger partial charge in [0.05, 0.1) is 13.2 Å². The van der Waals surface area contributed by atoms with Gasteiger partial charge in [-0.3, -0.25) is 4.79 Å². The van der Waals surface area contributed by atoms with Gasteiger partial charge < -0.3 is 10.2 Å². The lowest BCUT2D eigenvalue weighted by molar-refractivity contribution is 0.102. The molecule has 0 bridgehead atoms. The van der Waals surface area contributed by atoms with Crippen molar-refractivity contribution in [3.63, 3.8) is 0 Å². The predicted octanol–water partition coefficient (Wildman–Crippen LogP) is 0.472. The number of hydrogen-bond acceptors (Lipinski definition) is 3. The summed E-state index contributed by atoms with van der Waals surface area (Å²) in [7, 11) is -0.205. The second kappa shape index (κ2) is 7.44. The van der Waals surface area contributed by atoms with Crippen molar-refractivity contribution in [3.05, 3.63) is 35.9 Å². The number of rotatable bonds is 7. The lowest BCUT2D eigenvalue weighted by Crippen LogP contribution is -2.25. The fourth-order valence-corrected chi connectivity index (χ4v) is 2.94. The molecule has 0 aliphatic rings. The Labute approximate surface area is 98.5 Å². The Morgan fingerprint density at radius 3 is 2.12 bits per heavy atom. The maximum atomic E-state index is 11.8. The van der Waals surface area contributed by atoms with E-state index in [9.17, 15) is 4.79 Å². The molecule has 3 nitrogen and oxygen atoms in total. The molecule has 0 saturated heterocycles. The molecule has 0 spiro atoms. The molecule has 0 heterocycles. The third-order valence-electron chi connectivity index (χ3n) is 2.19. The molecule has 0 unspecified atom stereocenters. The van der Waals surface area contributed by atoms with Crippen LogP contribution in [0.25, 0.3) is 0 Å². The van der Waals surface area contributed by atoms with Crippen molar-refractivity contribution < 1.29 is 15.0 Å². The van der Waals surface area contributed by atoms with Crippen molar-refractivity contribution in [2.24, 2.45) is 0 Å². The van der Waals surface area contributed by atoms with Crippen LogP contribution in [0.3, 0.4) is 0 Å². The minimum Gasteiger partial charge on any atom is -0.391 e. The maximum absolute atomic E-state index is 11.8. The van der Waals surface area contributed by atoms with Crippen LogP contribution in [0.2, 0.25) is 0 Å². The molecule has 1 aromatic rings. The number of hydrogen-bond donors (Lipinski definition) is 2. The van der Waals surface area contributed by atoms with E-state index in [-0.39, 0.29) is 29.9 Å². The standard InChI is InChI=1S/C12H17O3S/c13-6-8-16(9-7-14)10-12(15)11-4-2-1-3-5-11/h1-5,13-14H,6-10H2/q+1. The first-order valence-electron chi connectivity index (χ1n) is 5.22. The van der Waals surface area contributed by atoms with Gasteiger partial charge in [0.15, 0.2) is 5.75 Å². The molecule has 0 radical (unpaired) electrons. The van der Waals surface area contributed by atoms with Gasteiger partial charge in [0.25, 0.3) is 0 Å². The molecule has 1 aromatic carbocycles. The first kappa shape index (κ1) is 13.2. The normalized spacial score (nSPS) is 10.7. The van der Waals surface area contributed by atoms with Gasteiger partial charge in [-0.25, -0.2) is 0 Å². The zero-order valence-corrected chi connectivity index (χ0v) is 9.95. The molecular weight excluding hydrogens is 224 g/mol. The maximum Gasteiger partial charge on any atom is 0.211 e. The van der Waals surface area contributed by atoms with Gasteiger partial charge in [-0.2, -0.15) is 0 Å². The van der Waals surface area contributed by atoms with Crippen molar-refractivity contribution in [1.82, 2.24) is 0 Å². The van der Waals surface area contributed by atoms with Crippen molar-refractivity contribution in [3.8, 4) is 0 Å². The second-order valence-corrected chi connectivity index (χ2v) is 5.73. The fourth-order valence-electron chi connectivity index (χ4n) is 1.40. The van der Waals surface area contributed by atoms with Crippen LogP contribution < -0.4 is 0 Å². The summed E-state index contributed by atoms with van der Waals surface area (Å²) in [5.74, 6) is 1.70. The van der Waals surface area contributed by atoms with E-state index in [1.54, 1.807) is 12.1 Å². The van der Waals surface area contributed by atoms with E-state index in [1.807, 2.05) is 18.2 Å². The second-order valence-electron chi connectivity index (χ2n) is 3.40. The van der Waals surface area contributed by atoms with Crippen molar-refractivity contribution >= 4 is 16.7 Å². The number of aliphatic hydroxyl groups excluding tert-OH is 2. The van der Waals surface area contributed by atoms with E-state index >= 15 is 0 Å². The van der Waals surface area contributed by atoms with Crippen LogP contribution >= 0.6 is 0 Å². The Hall–Kier alpha value is -0.840. The van der Waals surface area contributed by atoms with Crippen LogP contribution in [-0.4, -0.2) is 46.5 Å². The monoisotopic (exact) mass is 241 g/mol. The van der Waals surface area contributed by atoms with Gasteiger partial charge >= 0.3 is 0 Å². The van der Waals surface area contributed by atoms with E-state index in [0.29, 0.717) is 22.8 Å². The summed E-state index contributed by atoms with van der Waals surface area (Å²) in [4.78, 5) is 11.8. The summed E-state index contributed by atoms with van der Waals surface area (Å²) in [6.07, 6.45) is 0. The smallest absolute Gasteiger partial charge is 0.211 e. The average molecular weight is 241 g/mol. The van der Waals surface area contributed by atoms with Crippen LogP contribution in [0.1, 0.15) is 10.4 Å². The summed E-state index contributed by atoms with van der Waals surface area (Å²) in [6.45, 7) is 0.149. The Bertz CT molecular complexity index is 307. The molecule has 0 amide bonds. The number of aliphatic hydroxyl groups is 2. The zero-order chi connectivity index (χ0) is 11.8. The number of ketones is 1. The van der Waals surface area contributed by atoms with Crippen LogP contribution in [0.4, 0.5) is 0 Å². The molecule has 2 N–H and O–H groups in total. The molecule has 16 heavy (non-hydrogen) atoms. The van der Waals surface area contributed by atoms with E-state index in [2.05, 4.69) is 0 Å². The molecule has 88 valence electrons. The van der Waals surface area contributed by atoms with Gasteiger partial charge in [0.2, 0.25) is 5.78 Å². The Morgan fingerprint density at radius 2 is 1.62 bits per heavy atom. The number of Topliss-reactive ketones (excluding diaryl/α,β-unsaturated/α-hetero) is 1. The van der Waals surface area contributed by atoms with Crippen LogP contribution in [0.5, 0.6) is 0 Å². The first-order chi connectivity index (χ1) is 7.77. The fraction of sp³-hybridized carbons (Fsp3) is 0.417. The third-order valence-corrected chi connectivity index (χ3v) is 4.38. The first-order valence-corrected chi connectivity index (χ1v) is 6.95. The molecule has 0 saturated carbocycles. The quantitative estimate of drug-likeness (QED) is 0.539. The van der Waals surface area contributed by atoms with Crippen molar-refractivity contribution in [2.45, 2.75) is 0 Å². The van der Waals surface area contributed by atoms with Crippen LogP contribution in [0, 0.1) is 0 Å². The van der Waals surface area contributed by atoms with Gasteiger partial charge in [-0.15, -0.1) is 0 Å². The molecule has 0 atom stereocenters. The van der Waals surface area contributed by atoms with Gasteiger partial charge in [0, 0.05) is 16.5 Å².